The first kappa shape index (κ1) is 15.5. The number of ether oxygens (including phenoxy) is 1. The van der Waals surface area contributed by atoms with Gasteiger partial charge in [-0.15, -0.1) is 0 Å². The third kappa shape index (κ3) is 5.74. The van der Waals surface area contributed by atoms with Crippen LogP contribution >= 0.6 is 0 Å². The molecule has 1 unspecified atom stereocenters. The number of nitrogens with one attached hydrogen (secondary N) is 2. The molecule has 0 spiro atoms. The second-order valence-electron chi connectivity index (χ2n) is 3.94. The topological polar surface area (TPSA) is 67.4 Å². The van der Waals surface area contributed by atoms with Crippen LogP contribution in [-0.2, 0) is 10.8 Å². The Hall–Kier alpha value is -1.56. The summed E-state index contributed by atoms with van der Waals surface area (Å²) in [7, 11) is 2.19. The van der Waals surface area contributed by atoms with Crippen molar-refractivity contribution in [3.8, 4) is 5.75 Å². The summed E-state index contributed by atoms with van der Waals surface area (Å²) in [6, 6.07) is 7.06. The summed E-state index contributed by atoms with van der Waals surface area (Å²) < 4.78 is 17.0. The highest BCUT2D eigenvalue weighted by molar-refractivity contribution is 7.85. The van der Waals surface area contributed by atoms with Crippen molar-refractivity contribution in [3.63, 3.8) is 0 Å². The molecule has 106 valence electrons. The Kier molecular flexibility index (Phi) is 6.95. The van der Waals surface area contributed by atoms with E-state index >= 15 is 0 Å². The molecule has 1 aromatic rings. The Morgan fingerprint density at radius 1 is 1.26 bits per heavy atom. The van der Waals surface area contributed by atoms with Crippen molar-refractivity contribution in [1.82, 2.24) is 10.6 Å². The van der Waals surface area contributed by atoms with Crippen LogP contribution in [0.4, 0.5) is 4.79 Å². The van der Waals surface area contributed by atoms with Crippen molar-refractivity contribution < 1.29 is 13.7 Å². The van der Waals surface area contributed by atoms with Gasteiger partial charge in [-0.1, -0.05) is 0 Å². The second-order valence-corrected chi connectivity index (χ2v) is 5.51. The van der Waals surface area contributed by atoms with Crippen molar-refractivity contribution in [2.75, 3.05) is 26.5 Å². The van der Waals surface area contributed by atoms with Gasteiger partial charge >= 0.3 is 6.03 Å². The van der Waals surface area contributed by atoms with Crippen LogP contribution in [0.1, 0.15) is 12.8 Å². The standard InChI is InChI=1S/C13H20N2O3S/c1-14-13(16)15-9-3-4-10-19(17)12-7-5-11(18-2)6-8-12/h5-8H,3-4,9-10H2,1-2H3,(H2,14,15,16). The van der Waals surface area contributed by atoms with E-state index in [2.05, 4.69) is 10.6 Å². The van der Waals surface area contributed by atoms with Crippen LogP contribution in [0.3, 0.4) is 0 Å². The third-order valence-electron chi connectivity index (χ3n) is 2.59. The van der Waals surface area contributed by atoms with E-state index < -0.39 is 10.8 Å². The molecule has 6 heteroatoms. The van der Waals surface area contributed by atoms with E-state index in [0.717, 1.165) is 23.5 Å². The van der Waals surface area contributed by atoms with Gasteiger partial charge in [0.2, 0.25) is 0 Å². The highest BCUT2D eigenvalue weighted by atomic mass is 32.2. The molecule has 0 aliphatic heterocycles. The number of rotatable bonds is 7. The monoisotopic (exact) mass is 284 g/mol. The first-order chi connectivity index (χ1) is 9.17. The van der Waals surface area contributed by atoms with E-state index in [9.17, 15) is 9.00 Å². The SMILES string of the molecule is CNC(=O)NCCCCS(=O)c1ccc(OC)cc1. The van der Waals surface area contributed by atoms with Gasteiger partial charge in [0.1, 0.15) is 5.75 Å². The summed E-state index contributed by atoms with van der Waals surface area (Å²) in [6.45, 7) is 0.597. The molecule has 0 saturated carbocycles. The maximum absolute atomic E-state index is 12.0. The van der Waals surface area contributed by atoms with Crippen LogP contribution < -0.4 is 15.4 Å². The zero-order chi connectivity index (χ0) is 14.1. The van der Waals surface area contributed by atoms with Crippen LogP contribution in [0.15, 0.2) is 29.2 Å². The van der Waals surface area contributed by atoms with Crippen molar-refractivity contribution in [2.45, 2.75) is 17.7 Å². The van der Waals surface area contributed by atoms with Gasteiger partial charge < -0.3 is 15.4 Å². The number of hydrogen-bond acceptors (Lipinski definition) is 3. The summed E-state index contributed by atoms with van der Waals surface area (Å²) >= 11 is 0. The highest BCUT2D eigenvalue weighted by Gasteiger charge is 2.04. The summed E-state index contributed by atoms with van der Waals surface area (Å²) in [6.07, 6.45) is 1.62. The van der Waals surface area contributed by atoms with E-state index in [1.54, 1.807) is 26.3 Å². The van der Waals surface area contributed by atoms with Crippen molar-refractivity contribution in [1.29, 1.82) is 0 Å². The number of amides is 2. The Morgan fingerprint density at radius 2 is 1.95 bits per heavy atom. The van der Waals surface area contributed by atoms with Crippen molar-refractivity contribution in [2.24, 2.45) is 0 Å². The van der Waals surface area contributed by atoms with Gasteiger partial charge in [0.15, 0.2) is 0 Å². The lowest BCUT2D eigenvalue weighted by Crippen LogP contribution is -2.33. The van der Waals surface area contributed by atoms with Gasteiger partial charge in [-0.25, -0.2) is 4.79 Å². The minimum Gasteiger partial charge on any atom is -0.497 e. The number of hydrogen-bond donors (Lipinski definition) is 2. The molecule has 5 nitrogen and oxygen atoms in total. The molecule has 0 aliphatic rings. The number of urea groups is 1. The predicted octanol–water partition coefficient (Wildman–Crippen LogP) is 1.51. The van der Waals surface area contributed by atoms with Crippen LogP contribution in [0, 0.1) is 0 Å². The maximum Gasteiger partial charge on any atom is 0.314 e. The maximum atomic E-state index is 12.0. The minimum absolute atomic E-state index is 0.184. The average molecular weight is 284 g/mol. The van der Waals surface area contributed by atoms with Gasteiger partial charge in [-0.3, -0.25) is 4.21 Å². The van der Waals surface area contributed by atoms with E-state index in [4.69, 9.17) is 4.74 Å². The molecule has 1 aromatic carbocycles. The van der Waals surface area contributed by atoms with E-state index in [0.29, 0.717) is 12.3 Å². The lowest BCUT2D eigenvalue weighted by Gasteiger charge is -2.05. The summed E-state index contributed by atoms with van der Waals surface area (Å²) in [5.74, 6) is 1.36. The number of carbonyl (C=O) groups excluding carboxylic acids is 1. The molecule has 0 aromatic heterocycles. The highest BCUT2D eigenvalue weighted by Crippen LogP contribution is 2.14. The van der Waals surface area contributed by atoms with Crippen LogP contribution in [0.25, 0.3) is 0 Å². The first-order valence-corrected chi connectivity index (χ1v) is 7.47. The fourth-order valence-electron chi connectivity index (χ4n) is 1.49. The lowest BCUT2D eigenvalue weighted by atomic mass is 10.3. The molecule has 19 heavy (non-hydrogen) atoms. The normalized spacial score (nSPS) is 11.7. The Morgan fingerprint density at radius 3 is 2.53 bits per heavy atom. The predicted molar refractivity (Wildman–Crippen MR) is 76.0 cm³/mol. The smallest absolute Gasteiger partial charge is 0.314 e. The molecule has 1 rings (SSSR count). The Balaban J connectivity index is 2.25. The van der Waals surface area contributed by atoms with E-state index in [1.165, 1.54) is 0 Å². The molecule has 0 heterocycles. The first-order valence-electron chi connectivity index (χ1n) is 6.15. The summed E-state index contributed by atoms with van der Waals surface area (Å²) in [4.78, 5) is 11.7. The van der Waals surface area contributed by atoms with Gasteiger partial charge in [-0.05, 0) is 37.1 Å². The van der Waals surface area contributed by atoms with Gasteiger partial charge in [0.05, 0.1) is 17.9 Å². The number of benzene rings is 1. The van der Waals surface area contributed by atoms with Gasteiger partial charge in [0, 0.05) is 24.2 Å². The average Bonchev–Trinajstić information content (AvgIpc) is 2.46. The number of unbranched alkanes of at least 4 members (excludes halogenated alkanes) is 1. The molecule has 0 bridgehead atoms. The van der Waals surface area contributed by atoms with Gasteiger partial charge in [0.25, 0.3) is 0 Å². The Labute approximate surface area is 116 Å². The summed E-state index contributed by atoms with van der Waals surface area (Å²) in [5, 5.41) is 5.17. The minimum atomic E-state index is -0.994. The summed E-state index contributed by atoms with van der Waals surface area (Å²) in [5.41, 5.74) is 0. The lowest BCUT2D eigenvalue weighted by molar-refractivity contribution is 0.243. The van der Waals surface area contributed by atoms with Crippen LogP contribution in [-0.4, -0.2) is 36.7 Å². The van der Waals surface area contributed by atoms with Gasteiger partial charge in [-0.2, -0.15) is 0 Å². The molecule has 0 radical (unpaired) electrons. The molecule has 0 saturated heterocycles. The van der Waals surface area contributed by atoms with Crippen LogP contribution in [0.2, 0.25) is 0 Å². The second kappa shape index (κ2) is 8.53. The van der Waals surface area contributed by atoms with E-state index in [-0.39, 0.29) is 6.03 Å². The quantitative estimate of drug-likeness (QED) is 0.746. The number of methoxy groups -OCH3 is 1. The van der Waals surface area contributed by atoms with Crippen molar-refractivity contribution >= 4 is 16.8 Å². The van der Waals surface area contributed by atoms with E-state index in [1.807, 2.05) is 12.1 Å². The zero-order valence-electron chi connectivity index (χ0n) is 11.3. The third-order valence-corrected chi connectivity index (χ3v) is 4.05. The number of carbonyl (C=O) groups is 1. The molecule has 0 aliphatic carbocycles. The zero-order valence-corrected chi connectivity index (χ0v) is 12.1. The molecule has 2 N–H and O–H groups in total. The van der Waals surface area contributed by atoms with Crippen LogP contribution in [0.5, 0.6) is 5.75 Å². The molecular formula is C13H20N2O3S. The molecule has 2 amide bonds. The largest absolute Gasteiger partial charge is 0.497 e. The molecular weight excluding hydrogens is 264 g/mol. The fourth-order valence-corrected chi connectivity index (χ4v) is 2.64. The molecule has 0 fully saturated rings. The van der Waals surface area contributed by atoms with Crippen molar-refractivity contribution in [3.05, 3.63) is 24.3 Å². The Bertz CT molecular complexity index is 420. The molecule has 1 atom stereocenters. The fraction of sp³-hybridized carbons (Fsp3) is 0.462.